The van der Waals surface area contributed by atoms with Crippen molar-refractivity contribution in [2.45, 2.75) is 31.7 Å². The van der Waals surface area contributed by atoms with Crippen molar-refractivity contribution in [3.8, 4) is 5.75 Å². The maximum Gasteiger partial charge on any atom is 0.247 e. The minimum absolute atomic E-state index is 0.0427. The van der Waals surface area contributed by atoms with Gasteiger partial charge in [0.25, 0.3) is 0 Å². The third-order valence-electron chi connectivity index (χ3n) is 4.98. The van der Waals surface area contributed by atoms with Gasteiger partial charge in [-0.05, 0) is 54.7 Å². The smallest absolute Gasteiger partial charge is 0.247 e. The molecule has 0 radical (unpaired) electrons. The molecule has 5 nitrogen and oxygen atoms in total. The molecule has 1 saturated heterocycles. The Morgan fingerprint density at radius 1 is 1.14 bits per heavy atom. The lowest BCUT2D eigenvalue weighted by Gasteiger charge is -2.35. The van der Waals surface area contributed by atoms with E-state index < -0.39 is 6.04 Å². The Kier molecular flexibility index (Phi) is 6.63. The summed E-state index contributed by atoms with van der Waals surface area (Å²) in [5.41, 5.74) is 1.83. The molecule has 0 spiro atoms. The number of benzene rings is 2. The van der Waals surface area contributed by atoms with E-state index in [1.807, 2.05) is 24.3 Å². The monoisotopic (exact) mass is 384 g/mol. The van der Waals surface area contributed by atoms with E-state index >= 15 is 0 Å². The molecule has 1 unspecified atom stereocenters. The molecule has 1 atom stereocenters. The van der Waals surface area contributed by atoms with Crippen LogP contribution in [0.25, 0.3) is 0 Å². The van der Waals surface area contributed by atoms with Crippen LogP contribution >= 0.6 is 0 Å². The van der Waals surface area contributed by atoms with Crippen molar-refractivity contribution in [3.63, 3.8) is 0 Å². The van der Waals surface area contributed by atoms with Crippen molar-refractivity contribution in [1.82, 2.24) is 10.2 Å². The van der Waals surface area contributed by atoms with Crippen molar-refractivity contribution >= 4 is 11.8 Å². The molecule has 2 amide bonds. The second-order valence-corrected chi connectivity index (χ2v) is 6.89. The van der Waals surface area contributed by atoms with Crippen LogP contribution in [0.15, 0.2) is 48.5 Å². The van der Waals surface area contributed by atoms with Gasteiger partial charge in [0.15, 0.2) is 0 Å². The number of hydrogen-bond donors (Lipinski definition) is 1. The summed E-state index contributed by atoms with van der Waals surface area (Å²) in [5, 5.41) is 2.79. The van der Waals surface area contributed by atoms with E-state index in [4.69, 9.17) is 4.74 Å². The predicted molar refractivity (Wildman–Crippen MR) is 104 cm³/mol. The average Bonchev–Trinajstić information content (AvgIpc) is 2.72. The van der Waals surface area contributed by atoms with Crippen LogP contribution in [0.4, 0.5) is 4.39 Å². The fraction of sp³-hybridized carbons (Fsp3) is 0.364. The molecule has 0 aliphatic carbocycles. The van der Waals surface area contributed by atoms with Gasteiger partial charge in [-0.1, -0.05) is 24.3 Å². The highest BCUT2D eigenvalue weighted by Gasteiger charge is 2.33. The first-order valence-corrected chi connectivity index (χ1v) is 9.54. The number of hydrogen-bond acceptors (Lipinski definition) is 3. The van der Waals surface area contributed by atoms with Crippen LogP contribution in [-0.4, -0.2) is 36.9 Å². The van der Waals surface area contributed by atoms with Crippen LogP contribution in [0.2, 0.25) is 0 Å². The molecule has 1 aliphatic heterocycles. The van der Waals surface area contributed by atoms with E-state index in [-0.39, 0.29) is 17.6 Å². The van der Waals surface area contributed by atoms with E-state index in [1.165, 1.54) is 17.7 Å². The number of nitrogens with one attached hydrogen (secondary N) is 1. The summed E-state index contributed by atoms with van der Waals surface area (Å²) in [7, 11) is 1.64. The number of amides is 2. The molecule has 1 N–H and O–H groups in total. The summed E-state index contributed by atoms with van der Waals surface area (Å²) in [6, 6.07) is 13.0. The zero-order chi connectivity index (χ0) is 19.9. The Morgan fingerprint density at radius 3 is 2.54 bits per heavy atom. The third kappa shape index (κ3) is 4.88. The number of nitrogens with zero attached hydrogens (tertiary/aromatic N) is 1. The van der Waals surface area contributed by atoms with E-state index in [2.05, 4.69) is 5.32 Å². The van der Waals surface area contributed by atoms with Gasteiger partial charge in [-0.2, -0.15) is 0 Å². The third-order valence-corrected chi connectivity index (χ3v) is 4.98. The Hall–Kier alpha value is -2.89. The standard InChI is InChI=1S/C22H25FN2O3/c1-28-19-12-6-16(7-13-19)4-2-3-5-20(26)25-15-14-24-22(27)21(25)17-8-10-18(23)11-9-17/h6-13,21H,2-5,14-15H2,1H3,(H,24,27). The molecule has 1 heterocycles. The van der Waals surface area contributed by atoms with Crippen LogP contribution in [0.1, 0.15) is 36.4 Å². The van der Waals surface area contributed by atoms with Crippen LogP contribution < -0.4 is 10.1 Å². The zero-order valence-corrected chi connectivity index (χ0v) is 16.0. The molecule has 28 heavy (non-hydrogen) atoms. The van der Waals surface area contributed by atoms with Crippen molar-refractivity contribution in [2.24, 2.45) is 0 Å². The van der Waals surface area contributed by atoms with Crippen molar-refractivity contribution < 1.29 is 18.7 Å². The van der Waals surface area contributed by atoms with Gasteiger partial charge in [0.1, 0.15) is 17.6 Å². The van der Waals surface area contributed by atoms with E-state index in [0.717, 1.165) is 25.0 Å². The minimum atomic E-state index is -0.691. The normalized spacial score (nSPS) is 16.6. The molecule has 3 rings (SSSR count). The van der Waals surface area contributed by atoms with Crippen molar-refractivity contribution in [3.05, 3.63) is 65.5 Å². The maximum absolute atomic E-state index is 13.2. The average molecular weight is 384 g/mol. The van der Waals surface area contributed by atoms with Crippen LogP contribution in [0, 0.1) is 5.82 Å². The predicted octanol–water partition coefficient (Wildman–Crippen LogP) is 3.25. The number of aryl methyl sites for hydroxylation is 1. The highest BCUT2D eigenvalue weighted by Crippen LogP contribution is 2.25. The number of rotatable bonds is 7. The van der Waals surface area contributed by atoms with Crippen LogP contribution in [0.3, 0.4) is 0 Å². The van der Waals surface area contributed by atoms with Crippen LogP contribution in [0.5, 0.6) is 5.75 Å². The van der Waals surface area contributed by atoms with Gasteiger partial charge in [0.05, 0.1) is 7.11 Å². The van der Waals surface area contributed by atoms with Gasteiger partial charge in [-0.25, -0.2) is 4.39 Å². The van der Waals surface area contributed by atoms with E-state index in [9.17, 15) is 14.0 Å². The quantitative estimate of drug-likeness (QED) is 0.746. The summed E-state index contributed by atoms with van der Waals surface area (Å²) in [5.74, 6) is 0.203. The van der Waals surface area contributed by atoms with Gasteiger partial charge in [-0.3, -0.25) is 9.59 Å². The summed E-state index contributed by atoms with van der Waals surface area (Å²) >= 11 is 0. The molecule has 1 fully saturated rings. The largest absolute Gasteiger partial charge is 0.497 e. The second-order valence-electron chi connectivity index (χ2n) is 6.89. The first-order chi connectivity index (χ1) is 13.6. The summed E-state index contributed by atoms with van der Waals surface area (Å²) in [6.07, 6.45) is 2.92. The summed E-state index contributed by atoms with van der Waals surface area (Å²) in [6.45, 7) is 0.902. The molecule has 0 bridgehead atoms. The number of halogens is 1. The first-order valence-electron chi connectivity index (χ1n) is 9.54. The summed E-state index contributed by atoms with van der Waals surface area (Å²) < 4.78 is 18.4. The number of carbonyl (C=O) groups is 2. The number of ether oxygens (including phenoxy) is 1. The van der Waals surface area contributed by atoms with Gasteiger partial charge in [0, 0.05) is 19.5 Å². The Bertz CT molecular complexity index is 806. The lowest BCUT2D eigenvalue weighted by molar-refractivity contribution is -0.143. The van der Waals surface area contributed by atoms with E-state index in [0.29, 0.717) is 25.1 Å². The first kappa shape index (κ1) is 19.9. The number of unbranched alkanes of at least 4 members (excludes halogenated alkanes) is 1. The Morgan fingerprint density at radius 2 is 1.86 bits per heavy atom. The molecule has 0 aromatic heterocycles. The lowest BCUT2D eigenvalue weighted by atomic mass is 10.0. The van der Waals surface area contributed by atoms with Gasteiger partial charge < -0.3 is 15.0 Å². The molecular formula is C22H25FN2O3. The SMILES string of the molecule is COc1ccc(CCCCC(=O)N2CCNC(=O)C2c2ccc(F)cc2)cc1. The molecule has 6 heteroatoms. The van der Waals surface area contributed by atoms with Crippen molar-refractivity contribution in [1.29, 1.82) is 0 Å². The lowest BCUT2D eigenvalue weighted by Crippen LogP contribution is -2.52. The highest BCUT2D eigenvalue weighted by atomic mass is 19.1. The Labute approximate surface area is 164 Å². The van der Waals surface area contributed by atoms with Crippen molar-refractivity contribution in [2.75, 3.05) is 20.2 Å². The second kappa shape index (κ2) is 9.35. The fourth-order valence-corrected chi connectivity index (χ4v) is 3.45. The van der Waals surface area contributed by atoms with Gasteiger partial charge >= 0.3 is 0 Å². The Balaban J connectivity index is 1.55. The highest BCUT2D eigenvalue weighted by molar-refractivity contribution is 5.89. The van der Waals surface area contributed by atoms with Gasteiger partial charge in [-0.15, -0.1) is 0 Å². The maximum atomic E-state index is 13.2. The zero-order valence-electron chi connectivity index (χ0n) is 16.0. The van der Waals surface area contributed by atoms with E-state index in [1.54, 1.807) is 24.1 Å². The molecule has 0 saturated carbocycles. The molecular weight excluding hydrogens is 359 g/mol. The summed E-state index contributed by atoms with van der Waals surface area (Å²) in [4.78, 5) is 26.7. The number of methoxy groups -OCH3 is 1. The number of carbonyl (C=O) groups excluding carboxylic acids is 2. The molecule has 2 aromatic rings. The topological polar surface area (TPSA) is 58.6 Å². The van der Waals surface area contributed by atoms with Gasteiger partial charge in [0.2, 0.25) is 11.8 Å². The molecule has 148 valence electrons. The molecule has 2 aromatic carbocycles. The number of piperazine rings is 1. The molecule has 1 aliphatic rings. The van der Waals surface area contributed by atoms with Crippen LogP contribution in [-0.2, 0) is 16.0 Å². The fourth-order valence-electron chi connectivity index (χ4n) is 3.45. The minimum Gasteiger partial charge on any atom is -0.497 e.